The van der Waals surface area contributed by atoms with Crippen LogP contribution in [0, 0.1) is 11.3 Å². The predicted octanol–water partition coefficient (Wildman–Crippen LogP) is 2.53. The SMILES string of the molecule is C=C/C=C/Cc1cccc(C(O)C#N)c1. The molecule has 0 amide bonds. The Labute approximate surface area is 89.8 Å². The van der Waals surface area contributed by atoms with Crippen molar-refractivity contribution in [3.05, 3.63) is 60.2 Å². The molecule has 1 N–H and O–H groups in total. The highest BCUT2D eigenvalue weighted by atomic mass is 16.3. The fourth-order valence-corrected chi connectivity index (χ4v) is 1.27. The summed E-state index contributed by atoms with van der Waals surface area (Å²) in [7, 11) is 0. The standard InChI is InChI=1S/C13H13NO/c1-2-3-4-6-11-7-5-8-12(9-11)13(15)10-14/h2-5,7-9,13,15H,1,6H2/b4-3+. The number of aliphatic hydroxyl groups excluding tert-OH is 1. The topological polar surface area (TPSA) is 44.0 Å². The van der Waals surface area contributed by atoms with E-state index in [0.717, 1.165) is 12.0 Å². The van der Waals surface area contributed by atoms with Gasteiger partial charge in [-0.2, -0.15) is 5.26 Å². The summed E-state index contributed by atoms with van der Waals surface area (Å²) >= 11 is 0. The number of nitriles is 1. The summed E-state index contributed by atoms with van der Waals surface area (Å²) in [6, 6.07) is 9.18. The Morgan fingerprint density at radius 1 is 1.53 bits per heavy atom. The lowest BCUT2D eigenvalue weighted by Crippen LogP contribution is -1.94. The Kier molecular flexibility index (Phi) is 4.33. The highest BCUT2D eigenvalue weighted by Gasteiger charge is 2.04. The van der Waals surface area contributed by atoms with Crippen LogP contribution < -0.4 is 0 Å². The first kappa shape index (κ1) is 11.2. The molecule has 0 aromatic heterocycles. The molecule has 0 radical (unpaired) electrons. The van der Waals surface area contributed by atoms with E-state index >= 15 is 0 Å². The van der Waals surface area contributed by atoms with Crippen LogP contribution >= 0.6 is 0 Å². The van der Waals surface area contributed by atoms with Crippen molar-refractivity contribution in [3.63, 3.8) is 0 Å². The van der Waals surface area contributed by atoms with Crippen LogP contribution in [-0.4, -0.2) is 5.11 Å². The van der Waals surface area contributed by atoms with Crippen molar-refractivity contribution in [3.8, 4) is 6.07 Å². The molecule has 0 aliphatic heterocycles. The van der Waals surface area contributed by atoms with Crippen LogP contribution in [0.2, 0.25) is 0 Å². The zero-order valence-corrected chi connectivity index (χ0v) is 8.43. The average Bonchev–Trinajstić information content (AvgIpc) is 2.29. The van der Waals surface area contributed by atoms with Gasteiger partial charge in [-0.25, -0.2) is 0 Å². The van der Waals surface area contributed by atoms with Crippen LogP contribution in [0.5, 0.6) is 0 Å². The van der Waals surface area contributed by atoms with Crippen LogP contribution in [0.25, 0.3) is 0 Å². The summed E-state index contributed by atoms with van der Waals surface area (Å²) in [5.74, 6) is 0. The lowest BCUT2D eigenvalue weighted by molar-refractivity contribution is 0.236. The molecule has 1 aromatic carbocycles. The fraction of sp³-hybridized carbons (Fsp3) is 0.154. The van der Waals surface area contributed by atoms with Gasteiger partial charge in [0.25, 0.3) is 0 Å². The van der Waals surface area contributed by atoms with Crippen molar-refractivity contribution in [2.45, 2.75) is 12.5 Å². The first-order chi connectivity index (χ1) is 7.27. The molecule has 0 saturated heterocycles. The van der Waals surface area contributed by atoms with E-state index in [0.29, 0.717) is 5.56 Å². The minimum Gasteiger partial charge on any atom is -0.374 e. The molecule has 0 heterocycles. The van der Waals surface area contributed by atoms with Crippen molar-refractivity contribution in [2.75, 3.05) is 0 Å². The lowest BCUT2D eigenvalue weighted by Gasteiger charge is -2.03. The van der Waals surface area contributed by atoms with Gasteiger partial charge in [0, 0.05) is 0 Å². The zero-order chi connectivity index (χ0) is 11.1. The fourth-order valence-electron chi connectivity index (χ4n) is 1.27. The lowest BCUT2D eigenvalue weighted by atomic mass is 10.0. The van der Waals surface area contributed by atoms with E-state index in [1.807, 2.05) is 30.4 Å². The number of allylic oxidation sites excluding steroid dienone is 3. The van der Waals surface area contributed by atoms with Gasteiger partial charge in [-0.05, 0) is 17.5 Å². The number of hydrogen-bond donors (Lipinski definition) is 1. The molecule has 1 atom stereocenters. The highest BCUT2D eigenvalue weighted by molar-refractivity contribution is 5.29. The third kappa shape index (κ3) is 3.41. The summed E-state index contributed by atoms with van der Waals surface area (Å²) in [4.78, 5) is 0. The van der Waals surface area contributed by atoms with E-state index in [4.69, 9.17) is 5.26 Å². The van der Waals surface area contributed by atoms with Gasteiger partial charge in [0.1, 0.15) is 0 Å². The molecule has 15 heavy (non-hydrogen) atoms. The molecule has 1 aromatic rings. The van der Waals surface area contributed by atoms with Gasteiger partial charge in [-0.3, -0.25) is 0 Å². The van der Waals surface area contributed by atoms with Gasteiger partial charge in [0.15, 0.2) is 6.10 Å². The number of nitrogens with zero attached hydrogens (tertiary/aromatic N) is 1. The second-order valence-corrected chi connectivity index (χ2v) is 3.14. The molecule has 0 fully saturated rings. The van der Waals surface area contributed by atoms with Crippen LogP contribution in [-0.2, 0) is 6.42 Å². The molecule has 76 valence electrons. The van der Waals surface area contributed by atoms with Crippen molar-refractivity contribution in [1.82, 2.24) is 0 Å². The summed E-state index contributed by atoms with van der Waals surface area (Å²) in [5.41, 5.74) is 1.71. The van der Waals surface area contributed by atoms with Gasteiger partial charge in [0.2, 0.25) is 0 Å². The number of benzene rings is 1. The van der Waals surface area contributed by atoms with E-state index in [9.17, 15) is 5.11 Å². The Balaban J connectivity index is 2.79. The number of hydrogen-bond acceptors (Lipinski definition) is 2. The second-order valence-electron chi connectivity index (χ2n) is 3.14. The van der Waals surface area contributed by atoms with Gasteiger partial charge in [-0.15, -0.1) is 0 Å². The van der Waals surface area contributed by atoms with Crippen molar-refractivity contribution >= 4 is 0 Å². The largest absolute Gasteiger partial charge is 0.374 e. The summed E-state index contributed by atoms with van der Waals surface area (Å²) in [6.45, 7) is 3.58. The smallest absolute Gasteiger partial charge is 0.165 e. The minimum atomic E-state index is -1.03. The minimum absolute atomic E-state index is 0.641. The molecule has 0 bridgehead atoms. The van der Waals surface area contributed by atoms with E-state index in [2.05, 4.69) is 6.58 Å². The molecule has 0 spiro atoms. The van der Waals surface area contributed by atoms with Crippen molar-refractivity contribution in [1.29, 1.82) is 5.26 Å². The molecular formula is C13H13NO. The average molecular weight is 199 g/mol. The molecule has 2 nitrogen and oxygen atoms in total. The summed E-state index contributed by atoms with van der Waals surface area (Å²) < 4.78 is 0. The Hall–Kier alpha value is -1.85. The Bertz CT molecular complexity index is 401. The van der Waals surface area contributed by atoms with Crippen LogP contribution in [0.15, 0.2) is 49.1 Å². The van der Waals surface area contributed by atoms with Gasteiger partial charge in [0.05, 0.1) is 6.07 Å². The molecule has 1 rings (SSSR count). The molecular weight excluding hydrogens is 186 g/mol. The van der Waals surface area contributed by atoms with E-state index in [1.54, 1.807) is 18.2 Å². The maximum Gasteiger partial charge on any atom is 0.165 e. The Morgan fingerprint density at radius 2 is 2.33 bits per heavy atom. The third-order valence-corrected chi connectivity index (χ3v) is 2.01. The normalized spacial score (nSPS) is 12.3. The Morgan fingerprint density at radius 3 is 3.00 bits per heavy atom. The highest BCUT2D eigenvalue weighted by Crippen LogP contribution is 2.14. The van der Waals surface area contributed by atoms with Crippen LogP contribution in [0.3, 0.4) is 0 Å². The maximum atomic E-state index is 9.33. The quantitative estimate of drug-likeness (QED) is 0.598. The molecule has 0 aliphatic carbocycles. The second kappa shape index (κ2) is 5.79. The van der Waals surface area contributed by atoms with Gasteiger partial charge in [-0.1, -0.05) is 49.1 Å². The van der Waals surface area contributed by atoms with Crippen LogP contribution in [0.1, 0.15) is 17.2 Å². The summed E-state index contributed by atoms with van der Waals surface area (Å²) in [5, 5.41) is 17.9. The molecule has 0 aliphatic rings. The van der Waals surface area contributed by atoms with Crippen molar-refractivity contribution < 1.29 is 5.11 Å². The summed E-state index contributed by atoms with van der Waals surface area (Å²) in [6.07, 6.45) is 5.30. The van der Waals surface area contributed by atoms with E-state index in [-0.39, 0.29) is 0 Å². The maximum absolute atomic E-state index is 9.33. The molecule has 0 saturated carbocycles. The first-order valence-electron chi connectivity index (χ1n) is 4.72. The van der Waals surface area contributed by atoms with E-state index < -0.39 is 6.10 Å². The monoisotopic (exact) mass is 199 g/mol. The number of rotatable bonds is 4. The van der Waals surface area contributed by atoms with Crippen LogP contribution in [0.4, 0.5) is 0 Å². The number of aliphatic hydroxyl groups is 1. The van der Waals surface area contributed by atoms with Gasteiger partial charge < -0.3 is 5.11 Å². The predicted molar refractivity (Wildman–Crippen MR) is 60.1 cm³/mol. The van der Waals surface area contributed by atoms with Crippen molar-refractivity contribution in [2.24, 2.45) is 0 Å². The molecule has 1 unspecified atom stereocenters. The first-order valence-corrected chi connectivity index (χ1v) is 4.72. The third-order valence-electron chi connectivity index (χ3n) is 2.01. The zero-order valence-electron chi connectivity index (χ0n) is 8.43. The molecule has 2 heteroatoms. The van der Waals surface area contributed by atoms with Gasteiger partial charge >= 0.3 is 0 Å². The van der Waals surface area contributed by atoms with E-state index in [1.165, 1.54) is 0 Å².